The zero-order valence-electron chi connectivity index (χ0n) is 10.9. The van der Waals surface area contributed by atoms with Gasteiger partial charge in [0, 0.05) is 29.4 Å². The summed E-state index contributed by atoms with van der Waals surface area (Å²) >= 11 is 3.65. The minimum atomic E-state index is 0.314. The number of hydrogen-bond donors (Lipinski definition) is 0. The summed E-state index contributed by atoms with van der Waals surface area (Å²) in [4.78, 5) is 12.2. The van der Waals surface area contributed by atoms with E-state index in [-0.39, 0.29) is 0 Å². The molecule has 3 rings (SSSR count). The predicted molar refractivity (Wildman–Crippen MR) is 77.3 cm³/mol. The molecular formula is C15H18BrNO. The van der Waals surface area contributed by atoms with Crippen molar-refractivity contribution in [2.75, 3.05) is 0 Å². The summed E-state index contributed by atoms with van der Waals surface area (Å²) in [7, 11) is 0. The second-order valence-electron chi connectivity index (χ2n) is 5.17. The molecule has 0 aliphatic carbocycles. The van der Waals surface area contributed by atoms with Crippen LogP contribution in [0.2, 0.25) is 0 Å². The van der Waals surface area contributed by atoms with Crippen molar-refractivity contribution in [2.24, 2.45) is 0 Å². The van der Waals surface area contributed by atoms with E-state index < -0.39 is 0 Å². The van der Waals surface area contributed by atoms with E-state index in [1.54, 1.807) is 0 Å². The summed E-state index contributed by atoms with van der Waals surface area (Å²) in [6.45, 7) is 4.11. The third-order valence-corrected chi connectivity index (χ3v) is 4.76. The number of carbonyl (C=O) groups excluding carboxylic acids is 1. The Labute approximate surface area is 116 Å². The van der Waals surface area contributed by atoms with Crippen molar-refractivity contribution in [1.82, 2.24) is 4.57 Å². The molecule has 0 fully saturated rings. The molecule has 2 nitrogen and oxygen atoms in total. The first kappa shape index (κ1) is 12.2. The van der Waals surface area contributed by atoms with E-state index >= 15 is 0 Å². The van der Waals surface area contributed by atoms with Crippen molar-refractivity contribution >= 4 is 27.8 Å². The highest BCUT2D eigenvalue weighted by Crippen LogP contribution is 2.44. The Balaban J connectivity index is 2.27. The molecule has 1 atom stereocenters. The van der Waals surface area contributed by atoms with Gasteiger partial charge in [-0.15, -0.1) is 0 Å². The van der Waals surface area contributed by atoms with Crippen molar-refractivity contribution in [3.63, 3.8) is 0 Å². The van der Waals surface area contributed by atoms with Gasteiger partial charge >= 0.3 is 0 Å². The van der Waals surface area contributed by atoms with Crippen LogP contribution in [0.15, 0.2) is 4.48 Å². The molecule has 0 amide bonds. The van der Waals surface area contributed by atoms with Crippen LogP contribution < -0.4 is 0 Å². The van der Waals surface area contributed by atoms with Crippen molar-refractivity contribution in [3.05, 3.63) is 27.0 Å². The Kier molecular flexibility index (Phi) is 2.97. The second kappa shape index (κ2) is 4.37. The lowest BCUT2D eigenvalue weighted by molar-refractivity contribution is 0.0986. The fourth-order valence-corrected chi connectivity index (χ4v) is 4.05. The molecule has 0 saturated carbocycles. The Morgan fingerprint density at radius 3 is 2.94 bits per heavy atom. The predicted octanol–water partition coefficient (Wildman–Crippen LogP) is 4.27. The molecule has 3 heteroatoms. The molecule has 18 heavy (non-hydrogen) atoms. The largest absolute Gasteiger partial charge is 0.341 e. The smallest absolute Gasteiger partial charge is 0.164 e. The number of Topliss-reactive ketones (excluding diaryl/α,β-unsaturated/α-hetero) is 1. The SMILES string of the molecule is CCC(=O)c1c(CC)c2n3c1CC[C@H]3CC(Br)=C2. The van der Waals surface area contributed by atoms with Crippen LogP contribution in [0.4, 0.5) is 0 Å². The number of hydrogen-bond acceptors (Lipinski definition) is 1. The summed E-state index contributed by atoms with van der Waals surface area (Å²) in [5.74, 6) is 0.314. The lowest BCUT2D eigenvalue weighted by Gasteiger charge is -2.21. The molecule has 0 unspecified atom stereocenters. The normalized spacial score (nSPS) is 20.8. The number of allylic oxidation sites excluding steroid dienone is 1. The molecule has 96 valence electrons. The maximum Gasteiger partial charge on any atom is 0.164 e. The van der Waals surface area contributed by atoms with Gasteiger partial charge in [-0.2, -0.15) is 0 Å². The van der Waals surface area contributed by atoms with E-state index in [9.17, 15) is 4.79 Å². The quantitative estimate of drug-likeness (QED) is 0.764. The first-order chi connectivity index (χ1) is 8.67. The maximum absolute atomic E-state index is 12.2. The van der Waals surface area contributed by atoms with E-state index in [1.165, 1.54) is 27.9 Å². The van der Waals surface area contributed by atoms with E-state index in [0.717, 1.165) is 24.8 Å². The van der Waals surface area contributed by atoms with Crippen LogP contribution in [0, 0.1) is 0 Å². The molecule has 0 spiro atoms. The topological polar surface area (TPSA) is 22.0 Å². The molecular weight excluding hydrogens is 290 g/mol. The van der Waals surface area contributed by atoms with E-state index in [2.05, 4.69) is 33.5 Å². The van der Waals surface area contributed by atoms with Crippen LogP contribution in [0.3, 0.4) is 0 Å². The van der Waals surface area contributed by atoms with Gasteiger partial charge in [-0.25, -0.2) is 0 Å². The highest BCUT2D eigenvalue weighted by atomic mass is 79.9. The molecule has 1 aromatic rings. The number of halogens is 1. The number of ketones is 1. The lowest BCUT2D eigenvalue weighted by atomic mass is 9.96. The van der Waals surface area contributed by atoms with Gasteiger partial charge in [-0.05, 0) is 41.8 Å². The highest BCUT2D eigenvalue weighted by molar-refractivity contribution is 9.11. The van der Waals surface area contributed by atoms with Crippen LogP contribution in [0.5, 0.6) is 0 Å². The fraction of sp³-hybridized carbons (Fsp3) is 0.533. The first-order valence-electron chi connectivity index (χ1n) is 6.82. The third kappa shape index (κ3) is 1.56. The molecule has 0 N–H and O–H groups in total. The minimum Gasteiger partial charge on any atom is -0.341 e. The maximum atomic E-state index is 12.2. The second-order valence-corrected chi connectivity index (χ2v) is 6.19. The van der Waals surface area contributed by atoms with Crippen molar-refractivity contribution in [1.29, 1.82) is 0 Å². The zero-order valence-corrected chi connectivity index (χ0v) is 12.5. The standard InChI is InChI=1S/C15H18BrNO/c1-3-11-13-8-9(16)7-10-5-6-12(17(10)13)15(11)14(18)4-2/h8,10H,3-7H2,1-2H3/t10-/m0/s1. The summed E-state index contributed by atoms with van der Waals surface area (Å²) in [6.07, 6.45) is 7.10. The average Bonchev–Trinajstić information content (AvgIpc) is 2.90. The molecule has 0 saturated heterocycles. The van der Waals surface area contributed by atoms with Gasteiger partial charge in [0.15, 0.2) is 5.78 Å². The number of rotatable bonds is 3. The minimum absolute atomic E-state index is 0.314. The van der Waals surface area contributed by atoms with Gasteiger partial charge in [-0.1, -0.05) is 29.8 Å². The molecule has 0 bridgehead atoms. The van der Waals surface area contributed by atoms with Crippen LogP contribution >= 0.6 is 15.9 Å². The van der Waals surface area contributed by atoms with Crippen LogP contribution in [-0.2, 0) is 12.8 Å². The van der Waals surface area contributed by atoms with Gasteiger partial charge in [0.05, 0.1) is 0 Å². The summed E-state index contributed by atoms with van der Waals surface area (Å²) in [5, 5.41) is 0. The van der Waals surface area contributed by atoms with Crippen LogP contribution in [0.25, 0.3) is 6.08 Å². The number of aromatic nitrogens is 1. The van der Waals surface area contributed by atoms with Gasteiger partial charge in [0.2, 0.25) is 0 Å². The van der Waals surface area contributed by atoms with Gasteiger partial charge in [0.25, 0.3) is 0 Å². The summed E-state index contributed by atoms with van der Waals surface area (Å²) in [5.41, 5.74) is 4.88. The van der Waals surface area contributed by atoms with Crippen LogP contribution in [0.1, 0.15) is 66.5 Å². The van der Waals surface area contributed by atoms with Crippen LogP contribution in [-0.4, -0.2) is 10.4 Å². The molecule has 0 radical (unpaired) electrons. The van der Waals surface area contributed by atoms with Crippen molar-refractivity contribution in [3.8, 4) is 0 Å². The van der Waals surface area contributed by atoms with Gasteiger partial charge in [0.1, 0.15) is 0 Å². The average molecular weight is 308 g/mol. The molecule has 2 aliphatic heterocycles. The monoisotopic (exact) mass is 307 g/mol. The Morgan fingerprint density at radius 1 is 1.50 bits per heavy atom. The number of carbonyl (C=O) groups is 1. The Bertz CT molecular complexity index is 553. The van der Waals surface area contributed by atoms with Gasteiger partial charge < -0.3 is 4.57 Å². The highest BCUT2D eigenvalue weighted by Gasteiger charge is 2.34. The van der Waals surface area contributed by atoms with Crippen molar-refractivity contribution < 1.29 is 4.79 Å². The van der Waals surface area contributed by atoms with E-state index in [0.29, 0.717) is 18.2 Å². The Morgan fingerprint density at radius 2 is 2.28 bits per heavy atom. The van der Waals surface area contributed by atoms with Gasteiger partial charge in [-0.3, -0.25) is 4.79 Å². The molecule has 0 aromatic carbocycles. The zero-order chi connectivity index (χ0) is 12.9. The number of nitrogens with zero attached hydrogens (tertiary/aromatic N) is 1. The molecule has 3 heterocycles. The van der Waals surface area contributed by atoms with Crippen molar-refractivity contribution in [2.45, 2.75) is 52.0 Å². The van der Waals surface area contributed by atoms with E-state index in [4.69, 9.17) is 0 Å². The fourth-order valence-electron chi connectivity index (χ4n) is 3.45. The van der Waals surface area contributed by atoms with E-state index in [1.807, 2.05) is 6.92 Å². The Hall–Kier alpha value is -0.830. The molecule has 2 aliphatic rings. The summed E-state index contributed by atoms with van der Waals surface area (Å²) < 4.78 is 3.71. The third-order valence-electron chi connectivity index (χ3n) is 4.21. The lowest BCUT2D eigenvalue weighted by Crippen LogP contribution is -2.10. The first-order valence-corrected chi connectivity index (χ1v) is 7.61. The summed E-state index contributed by atoms with van der Waals surface area (Å²) in [6, 6.07) is 0.568. The molecule has 1 aromatic heterocycles.